The molecule has 0 radical (unpaired) electrons. The van der Waals surface area contributed by atoms with Crippen molar-refractivity contribution in [1.82, 2.24) is 14.5 Å². The summed E-state index contributed by atoms with van der Waals surface area (Å²) in [6.07, 6.45) is 5.55. The number of pyridine rings is 1. The molecule has 0 atom stereocenters. The maximum absolute atomic E-state index is 4.48. The van der Waals surface area contributed by atoms with E-state index in [-0.39, 0.29) is 0 Å². The molecule has 2 aromatic carbocycles. The van der Waals surface area contributed by atoms with Crippen LogP contribution in [0.1, 0.15) is 0 Å². The van der Waals surface area contributed by atoms with Crippen LogP contribution in [0.15, 0.2) is 79.4 Å². The lowest BCUT2D eigenvalue weighted by Crippen LogP contribution is -1.95. The third-order valence-electron chi connectivity index (χ3n) is 3.59. The first-order valence-corrected chi connectivity index (χ1v) is 6.85. The van der Waals surface area contributed by atoms with Crippen LogP contribution in [0.4, 0.5) is 0 Å². The van der Waals surface area contributed by atoms with Crippen LogP contribution in [0, 0.1) is 0 Å². The van der Waals surface area contributed by atoms with Crippen LogP contribution in [-0.2, 0) is 0 Å². The lowest BCUT2D eigenvalue weighted by atomic mass is 10.1. The summed E-state index contributed by atoms with van der Waals surface area (Å²) in [6.45, 7) is 0. The van der Waals surface area contributed by atoms with Crippen molar-refractivity contribution in [2.24, 2.45) is 0 Å². The Morgan fingerprint density at radius 1 is 0.810 bits per heavy atom. The molecule has 0 amide bonds. The van der Waals surface area contributed by atoms with Gasteiger partial charge in [-0.15, -0.1) is 0 Å². The molecule has 0 spiro atoms. The molecule has 0 saturated carbocycles. The van der Waals surface area contributed by atoms with E-state index in [2.05, 4.69) is 38.8 Å². The van der Waals surface area contributed by atoms with Gasteiger partial charge in [-0.3, -0.25) is 9.55 Å². The van der Waals surface area contributed by atoms with Gasteiger partial charge in [-0.05, 0) is 24.3 Å². The van der Waals surface area contributed by atoms with Gasteiger partial charge in [0.15, 0.2) is 0 Å². The number of nitrogens with zero attached hydrogens (tertiary/aromatic N) is 3. The van der Waals surface area contributed by atoms with E-state index in [1.165, 1.54) is 0 Å². The zero-order chi connectivity index (χ0) is 14.1. The molecular formula is C18H13N3. The molecule has 0 aliphatic heterocycles. The summed E-state index contributed by atoms with van der Waals surface area (Å²) in [4.78, 5) is 8.70. The van der Waals surface area contributed by atoms with E-state index < -0.39 is 0 Å². The Bertz CT molecular complexity index is 894. The predicted octanol–water partition coefficient (Wildman–Crippen LogP) is 4.09. The summed E-state index contributed by atoms with van der Waals surface area (Å²) in [6, 6.07) is 20.5. The molecule has 0 unspecified atom stereocenters. The maximum Gasteiger partial charge on any atom is 0.100 e. The molecule has 2 aromatic heterocycles. The molecule has 3 heteroatoms. The maximum atomic E-state index is 4.48. The average molecular weight is 271 g/mol. The van der Waals surface area contributed by atoms with Gasteiger partial charge in [-0.1, -0.05) is 36.4 Å². The number of imidazole rings is 1. The van der Waals surface area contributed by atoms with E-state index in [0.717, 1.165) is 27.8 Å². The topological polar surface area (TPSA) is 30.7 Å². The molecular weight excluding hydrogens is 258 g/mol. The van der Waals surface area contributed by atoms with E-state index >= 15 is 0 Å². The Balaban J connectivity index is 1.98. The van der Waals surface area contributed by atoms with Crippen LogP contribution >= 0.6 is 0 Å². The minimum atomic E-state index is 0.999. The second-order valence-corrected chi connectivity index (χ2v) is 4.86. The minimum absolute atomic E-state index is 0.999. The van der Waals surface area contributed by atoms with Gasteiger partial charge in [-0.2, -0.15) is 0 Å². The summed E-state index contributed by atoms with van der Waals surface area (Å²) in [7, 11) is 0. The van der Waals surface area contributed by atoms with Gasteiger partial charge < -0.3 is 0 Å². The molecule has 4 aromatic rings. The molecule has 3 nitrogen and oxygen atoms in total. The van der Waals surface area contributed by atoms with Gasteiger partial charge in [0, 0.05) is 23.5 Å². The first-order valence-electron chi connectivity index (χ1n) is 6.85. The van der Waals surface area contributed by atoms with Gasteiger partial charge in [0.25, 0.3) is 0 Å². The highest BCUT2D eigenvalue weighted by molar-refractivity contribution is 5.81. The Labute approximate surface area is 122 Å². The lowest BCUT2D eigenvalue weighted by Gasteiger charge is -2.11. The van der Waals surface area contributed by atoms with Gasteiger partial charge in [0.05, 0.1) is 16.7 Å². The van der Waals surface area contributed by atoms with E-state index in [0.29, 0.717) is 0 Å². The number of hydrogen-bond acceptors (Lipinski definition) is 2. The van der Waals surface area contributed by atoms with Gasteiger partial charge in [0.1, 0.15) is 6.33 Å². The van der Waals surface area contributed by atoms with Crippen molar-refractivity contribution in [2.45, 2.75) is 0 Å². The first kappa shape index (κ1) is 11.9. The van der Waals surface area contributed by atoms with E-state index in [4.69, 9.17) is 0 Å². The summed E-state index contributed by atoms with van der Waals surface area (Å²) in [5, 5.41) is 0. The predicted molar refractivity (Wildman–Crippen MR) is 84.3 cm³/mol. The fraction of sp³-hybridized carbons (Fsp3) is 0. The molecule has 0 aliphatic rings. The zero-order valence-corrected chi connectivity index (χ0v) is 11.3. The second-order valence-electron chi connectivity index (χ2n) is 4.86. The molecule has 2 heterocycles. The lowest BCUT2D eigenvalue weighted by molar-refractivity contribution is 1.09. The van der Waals surface area contributed by atoms with Gasteiger partial charge in [-0.25, -0.2) is 4.98 Å². The van der Waals surface area contributed by atoms with Crippen molar-refractivity contribution in [3.8, 4) is 16.8 Å². The normalized spacial score (nSPS) is 10.9. The van der Waals surface area contributed by atoms with E-state index in [1.54, 1.807) is 6.20 Å². The molecule has 0 N–H and O–H groups in total. The summed E-state index contributed by atoms with van der Waals surface area (Å²) < 4.78 is 2.12. The molecule has 21 heavy (non-hydrogen) atoms. The molecule has 0 bridgehead atoms. The SMILES string of the molecule is c1cncc(-c2ccccc2-n2cnc3ccccc32)c1. The fourth-order valence-electron chi connectivity index (χ4n) is 2.60. The number of aromatic nitrogens is 3. The van der Waals surface area contributed by atoms with Crippen molar-refractivity contribution in [1.29, 1.82) is 0 Å². The number of benzene rings is 2. The summed E-state index contributed by atoms with van der Waals surface area (Å²) in [5.41, 5.74) is 5.46. The third kappa shape index (κ3) is 1.99. The standard InChI is InChI=1S/C18H13N3/c1-3-9-17(15(7-1)14-6-5-11-19-12-14)21-13-20-16-8-2-4-10-18(16)21/h1-13H. The first-order chi connectivity index (χ1) is 10.4. The summed E-state index contributed by atoms with van der Waals surface area (Å²) >= 11 is 0. The molecule has 0 fully saturated rings. The smallest absolute Gasteiger partial charge is 0.100 e. The highest BCUT2D eigenvalue weighted by atomic mass is 15.0. The molecule has 4 rings (SSSR count). The largest absolute Gasteiger partial charge is 0.298 e. The monoisotopic (exact) mass is 271 g/mol. The highest BCUT2D eigenvalue weighted by Gasteiger charge is 2.09. The Morgan fingerprint density at radius 3 is 2.57 bits per heavy atom. The zero-order valence-electron chi connectivity index (χ0n) is 11.3. The van der Waals surface area contributed by atoms with Crippen LogP contribution in [0.5, 0.6) is 0 Å². The highest BCUT2D eigenvalue weighted by Crippen LogP contribution is 2.28. The van der Waals surface area contributed by atoms with Crippen LogP contribution < -0.4 is 0 Å². The van der Waals surface area contributed by atoms with Crippen molar-refractivity contribution < 1.29 is 0 Å². The van der Waals surface area contributed by atoms with Crippen molar-refractivity contribution in [3.05, 3.63) is 79.4 Å². The number of fused-ring (bicyclic) bond motifs is 1. The van der Waals surface area contributed by atoms with Gasteiger partial charge >= 0.3 is 0 Å². The van der Waals surface area contributed by atoms with Crippen LogP contribution in [-0.4, -0.2) is 14.5 Å². The second kappa shape index (κ2) is 4.87. The van der Waals surface area contributed by atoms with Gasteiger partial charge in [0.2, 0.25) is 0 Å². The van der Waals surface area contributed by atoms with Crippen molar-refractivity contribution in [2.75, 3.05) is 0 Å². The Hall–Kier alpha value is -2.94. The fourth-order valence-corrected chi connectivity index (χ4v) is 2.60. The minimum Gasteiger partial charge on any atom is -0.298 e. The number of hydrogen-bond donors (Lipinski definition) is 0. The van der Waals surface area contributed by atoms with Crippen molar-refractivity contribution >= 4 is 11.0 Å². The van der Waals surface area contributed by atoms with Crippen LogP contribution in [0.3, 0.4) is 0 Å². The number of para-hydroxylation sites is 3. The van der Waals surface area contributed by atoms with Crippen LogP contribution in [0.25, 0.3) is 27.8 Å². The molecule has 0 aliphatic carbocycles. The van der Waals surface area contributed by atoms with Crippen LogP contribution in [0.2, 0.25) is 0 Å². The van der Waals surface area contributed by atoms with Crippen molar-refractivity contribution in [3.63, 3.8) is 0 Å². The molecule has 100 valence electrons. The number of rotatable bonds is 2. The third-order valence-corrected chi connectivity index (χ3v) is 3.59. The molecule has 0 saturated heterocycles. The quantitative estimate of drug-likeness (QED) is 0.550. The average Bonchev–Trinajstić information content (AvgIpc) is 3.00. The Kier molecular flexibility index (Phi) is 2.75. The van der Waals surface area contributed by atoms with E-state index in [9.17, 15) is 0 Å². The summed E-state index contributed by atoms with van der Waals surface area (Å²) in [5.74, 6) is 0. The Morgan fingerprint density at radius 2 is 1.67 bits per heavy atom. The van der Waals surface area contributed by atoms with E-state index in [1.807, 2.05) is 48.9 Å².